The van der Waals surface area contributed by atoms with Crippen LogP contribution in [0.5, 0.6) is 0 Å². The van der Waals surface area contributed by atoms with Crippen molar-refractivity contribution in [2.75, 3.05) is 18.4 Å². The number of carbonyl (C=O) groups excluding carboxylic acids is 2. The minimum absolute atomic E-state index is 0.0237. The summed E-state index contributed by atoms with van der Waals surface area (Å²) in [6.45, 7) is 8.46. The van der Waals surface area contributed by atoms with Crippen LogP contribution in [-0.4, -0.2) is 39.8 Å². The number of nitrogens with one attached hydrogen (secondary N) is 1. The number of hydrogen-bond donors (Lipinski definition) is 1. The Kier molecular flexibility index (Phi) is 8.14. The number of hydrogen-bond acceptors (Lipinski definition) is 6. The van der Waals surface area contributed by atoms with E-state index in [4.69, 9.17) is 16.1 Å². The first-order chi connectivity index (χ1) is 19.2. The molecule has 0 aliphatic carbocycles. The third-order valence-electron chi connectivity index (χ3n) is 7.27. The fourth-order valence-corrected chi connectivity index (χ4v) is 5.07. The van der Waals surface area contributed by atoms with Gasteiger partial charge in [0.05, 0.1) is 6.54 Å². The number of rotatable bonds is 7. The van der Waals surface area contributed by atoms with Crippen LogP contribution < -0.4 is 5.32 Å². The van der Waals surface area contributed by atoms with E-state index < -0.39 is 0 Å². The maximum Gasteiger partial charge on any atom is 0.241 e. The largest absolute Gasteiger partial charge is 0.338 e. The van der Waals surface area contributed by atoms with Gasteiger partial charge < -0.3 is 9.84 Å². The van der Waals surface area contributed by atoms with Gasteiger partial charge in [-0.05, 0) is 61.2 Å². The van der Waals surface area contributed by atoms with Crippen molar-refractivity contribution in [2.24, 2.45) is 5.92 Å². The lowest BCUT2D eigenvalue weighted by Gasteiger charge is -2.30. The molecule has 1 aromatic heterocycles. The lowest BCUT2D eigenvalue weighted by atomic mass is 9.86. The van der Waals surface area contributed by atoms with Crippen molar-refractivity contribution in [2.45, 2.75) is 45.6 Å². The number of anilines is 1. The summed E-state index contributed by atoms with van der Waals surface area (Å²) in [5.74, 6) is 0.844. The monoisotopic (exact) mass is 556 g/mol. The first-order valence-electron chi connectivity index (χ1n) is 13.5. The highest BCUT2D eigenvalue weighted by Gasteiger charge is 2.26. The van der Waals surface area contributed by atoms with Crippen molar-refractivity contribution in [3.05, 3.63) is 100 Å². The molecule has 0 saturated carbocycles. The summed E-state index contributed by atoms with van der Waals surface area (Å²) in [5, 5.41) is 7.71. The van der Waals surface area contributed by atoms with Crippen LogP contribution in [-0.2, 0) is 16.8 Å². The summed E-state index contributed by atoms with van der Waals surface area (Å²) >= 11 is 6.07. The Morgan fingerprint density at radius 2 is 1.70 bits per heavy atom. The SMILES string of the molecule is CC(C)(C)c1ccc(C(=O)c2cccc(NC(=O)C3CCN(Cc4nc(-c5cccc(Cl)c5)no4)CC3)c2)cc1. The van der Waals surface area contributed by atoms with Crippen LogP contribution in [0.4, 0.5) is 5.69 Å². The molecule has 0 radical (unpaired) electrons. The highest BCUT2D eigenvalue weighted by Crippen LogP contribution is 2.25. The highest BCUT2D eigenvalue weighted by atomic mass is 35.5. The second-order valence-corrected chi connectivity index (χ2v) is 11.7. The molecule has 1 fully saturated rings. The van der Waals surface area contributed by atoms with E-state index in [1.807, 2.05) is 42.5 Å². The number of benzene rings is 3. The summed E-state index contributed by atoms with van der Waals surface area (Å²) in [6.07, 6.45) is 1.44. The Morgan fingerprint density at radius 1 is 0.975 bits per heavy atom. The summed E-state index contributed by atoms with van der Waals surface area (Å²) in [6, 6.07) is 22.2. The van der Waals surface area contributed by atoms with Gasteiger partial charge in [-0.15, -0.1) is 0 Å². The molecule has 8 heteroatoms. The van der Waals surface area contributed by atoms with Gasteiger partial charge in [0.25, 0.3) is 0 Å². The topological polar surface area (TPSA) is 88.3 Å². The molecule has 1 saturated heterocycles. The zero-order valence-electron chi connectivity index (χ0n) is 23.0. The van der Waals surface area contributed by atoms with Crippen molar-refractivity contribution in [1.29, 1.82) is 0 Å². The molecule has 0 atom stereocenters. The number of halogens is 1. The van der Waals surface area contributed by atoms with Crippen LogP contribution in [0, 0.1) is 5.92 Å². The van der Waals surface area contributed by atoms with E-state index in [2.05, 4.69) is 41.1 Å². The Hall–Kier alpha value is -3.81. The average Bonchev–Trinajstić information content (AvgIpc) is 3.41. The van der Waals surface area contributed by atoms with E-state index in [0.29, 0.717) is 40.1 Å². The van der Waals surface area contributed by atoms with Gasteiger partial charge in [0.15, 0.2) is 5.78 Å². The summed E-state index contributed by atoms with van der Waals surface area (Å²) in [7, 11) is 0. The zero-order chi connectivity index (χ0) is 28.3. The lowest BCUT2D eigenvalue weighted by molar-refractivity contribution is -0.121. The van der Waals surface area contributed by atoms with Gasteiger partial charge in [-0.2, -0.15) is 4.98 Å². The molecule has 1 N–H and O–H groups in total. The molecule has 1 aliphatic heterocycles. The zero-order valence-corrected chi connectivity index (χ0v) is 23.7. The second kappa shape index (κ2) is 11.7. The fourth-order valence-electron chi connectivity index (χ4n) is 4.88. The van der Waals surface area contributed by atoms with Crippen LogP contribution in [0.15, 0.2) is 77.3 Å². The van der Waals surface area contributed by atoms with Gasteiger partial charge >= 0.3 is 0 Å². The van der Waals surface area contributed by atoms with Crippen molar-refractivity contribution >= 4 is 29.0 Å². The van der Waals surface area contributed by atoms with Gasteiger partial charge in [0, 0.05) is 33.3 Å². The van der Waals surface area contributed by atoms with Gasteiger partial charge in [-0.1, -0.05) is 86.1 Å². The quantitative estimate of drug-likeness (QED) is 0.253. The normalized spacial score (nSPS) is 14.7. The number of piperidine rings is 1. The number of aromatic nitrogens is 2. The average molecular weight is 557 g/mol. The third kappa shape index (κ3) is 6.66. The summed E-state index contributed by atoms with van der Waals surface area (Å²) < 4.78 is 5.45. The van der Waals surface area contributed by atoms with Gasteiger partial charge in [0.1, 0.15) is 0 Å². The molecular formula is C32H33ClN4O3. The van der Waals surface area contributed by atoms with Gasteiger partial charge in [-0.3, -0.25) is 14.5 Å². The fraction of sp³-hybridized carbons (Fsp3) is 0.312. The predicted octanol–water partition coefficient (Wildman–Crippen LogP) is 6.77. The predicted molar refractivity (Wildman–Crippen MR) is 156 cm³/mol. The molecule has 2 heterocycles. The molecule has 4 aromatic rings. The molecule has 1 amide bonds. The van der Waals surface area contributed by atoms with Crippen LogP contribution in [0.1, 0.15) is 61.0 Å². The van der Waals surface area contributed by atoms with E-state index >= 15 is 0 Å². The van der Waals surface area contributed by atoms with E-state index in [0.717, 1.165) is 31.5 Å². The molecule has 3 aromatic carbocycles. The lowest BCUT2D eigenvalue weighted by Crippen LogP contribution is -2.37. The van der Waals surface area contributed by atoms with Crippen LogP contribution in [0.25, 0.3) is 11.4 Å². The van der Waals surface area contributed by atoms with E-state index in [-0.39, 0.29) is 23.0 Å². The number of nitrogens with zero attached hydrogens (tertiary/aromatic N) is 3. The highest BCUT2D eigenvalue weighted by molar-refractivity contribution is 6.30. The molecule has 1 aliphatic rings. The Morgan fingerprint density at radius 3 is 2.40 bits per heavy atom. The minimum Gasteiger partial charge on any atom is -0.338 e. The number of likely N-dealkylation sites (tertiary alicyclic amines) is 1. The van der Waals surface area contributed by atoms with Crippen LogP contribution >= 0.6 is 11.6 Å². The third-order valence-corrected chi connectivity index (χ3v) is 7.51. The molecule has 206 valence electrons. The smallest absolute Gasteiger partial charge is 0.241 e. The molecular weight excluding hydrogens is 524 g/mol. The van der Waals surface area contributed by atoms with E-state index in [9.17, 15) is 9.59 Å². The van der Waals surface area contributed by atoms with Crippen molar-refractivity contribution in [3.8, 4) is 11.4 Å². The molecule has 0 spiro atoms. The van der Waals surface area contributed by atoms with E-state index in [1.165, 1.54) is 5.56 Å². The van der Waals surface area contributed by atoms with Gasteiger partial charge in [0.2, 0.25) is 17.6 Å². The van der Waals surface area contributed by atoms with Crippen LogP contribution in [0.2, 0.25) is 5.02 Å². The number of amides is 1. The minimum atomic E-state index is -0.106. The maximum atomic E-state index is 13.1. The summed E-state index contributed by atoms with van der Waals surface area (Å²) in [4.78, 5) is 32.8. The van der Waals surface area contributed by atoms with E-state index in [1.54, 1.807) is 30.3 Å². The number of carbonyl (C=O) groups is 2. The van der Waals surface area contributed by atoms with Crippen LogP contribution in [0.3, 0.4) is 0 Å². The Labute approximate surface area is 239 Å². The first-order valence-corrected chi connectivity index (χ1v) is 13.9. The summed E-state index contributed by atoms with van der Waals surface area (Å²) in [5.41, 5.74) is 3.81. The molecule has 0 bridgehead atoms. The van der Waals surface area contributed by atoms with Crippen molar-refractivity contribution in [1.82, 2.24) is 15.0 Å². The molecule has 40 heavy (non-hydrogen) atoms. The second-order valence-electron chi connectivity index (χ2n) is 11.3. The molecule has 0 unspecified atom stereocenters. The first kappa shape index (κ1) is 27.7. The standard InChI is InChI=1S/C32H33ClN4O3/c1-32(2,3)25-12-10-21(11-13-25)29(38)23-6-5-9-27(19-23)34-31(39)22-14-16-37(17-15-22)20-28-35-30(36-40-28)24-7-4-8-26(33)18-24/h4-13,18-19,22H,14-17,20H2,1-3H3,(H,34,39). The van der Waals surface area contributed by atoms with Crippen molar-refractivity contribution < 1.29 is 14.1 Å². The van der Waals surface area contributed by atoms with Crippen molar-refractivity contribution in [3.63, 3.8) is 0 Å². The Balaban J connectivity index is 1.14. The number of ketones is 1. The maximum absolute atomic E-state index is 13.1. The van der Waals surface area contributed by atoms with Gasteiger partial charge in [-0.25, -0.2) is 0 Å². The molecule has 5 rings (SSSR count). The molecule has 7 nitrogen and oxygen atoms in total. The Bertz CT molecular complexity index is 1500.